The van der Waals surface area contributed by atoms with Gasteiger partial charge in [0, 0.05) is 23.9 Å². The molecule has 1 atom stereocenters. The van der Waals surface area contributed by atoms with E-state index in [1.807, 2.05) is 24.3 Å². The summed E-state index contributed by atoms with van der Waals surface area (Å²) in [6.07, 6.45) is 4.94. The molecule has 5 rings (SSSR count). The Morgan fingerprint density at radius 3 is 2.88 bits per heavy atom. The molecule has 34 heavy (non-hydrogen) atoms. The fraction of sp³-hybridized carbons (Fsp3) is 0.346. The van der Waals surface area contributed by atoms with Crippen LogP contribution in [0, 0.1) is 4.77 Å². The smallest absolute Gasteiger partial charge is 0.278 e. The van der Waals surface area contributed by atoms with Crippen molar-refractivity contribution in [1.82, 2.24) is 19.9 Å². The third-order valence-electron chi connectivity index (χ3n) is 6.68. The van der Waals surface area contributed by atoms with Crippen molar-refractivity contribution < 1.29 is 9.53 Å². The number of carbonyl (C=O) groups excluding carboxylic acids is 1. The Labute approximate surface area is 202 Å². The number of benzene rings is 2. The van der Waals surface area contributed by atoms with Crippen molar-refractivity contribution in [3.8, 4) is 5.75 Å². The summed E-state index contributed by atoms with van der Waals surface area (Å²) < 4.78 is 7.25. The van der Waals surface area contributed by atoms with Gasteiger partial charge < -0.3 is 20.0 Å². The number of amides is 1. The molecule has 0 spiro atoms. The first-order valence-electron chi connectivity index (χ1n) is 11.7. The van der Waals surface area contributed by atoms with E-state index in [2.05, 4.69) is 33.5 Å². The molecule has 0 unspecified atom stereocenters. The Morgan fingerprint density at radius 2 is 2.03 bits per heavy atom. The first-order chi connectivity index (χ1) is 16.5. The molecule has 2 heterocycles. The van der Waals surface area contributed by atoms with Gasteiger partial charge >= 0.3 is 0 Å². The van der Waals surface area contributed by atoms with Gasteiger partial charge in [0.1, 0.15) is 11.3 Å². The zero-order valence-electron chi connectivity index (χ0n) is 19.1. The summed E-state index contributed by atoms with van der Waals surface area (Å²) in [6, 6.07) is 14.1. The zero-order valence-corrected chi connectivity index (χ0v) is 20.0. The number of aromatic nitrogens is 3. The SMILES string of the molecule is COc1ccc2[nH]c3c(=O)n(CCCCC(=O)N[C@@H]4CCCc5ccccc54)c(=S)[nH]c3c2c1. The molecule has 8 heteroatoms. The summed E-state index contributed by atoms with van der Waals surface area (Å²) in [4.78, 5) is 32.1. The van der Waals surface area contributed by atoms with E-state index >= 15 is 0 Å². The number of hydrogen-bond donors (Lipinski definition) is 3. The van der Waals surface area contributed by atoms with Gasteiger partial charge in [-0.05, 0) is 73.6 Å². The van der Waals surface area contributed by atoms with E-state index in [9.17, 15) is 9.59 Å². The third kappa shape index (κ3) is 4.25. The first kappa shape index (κ1) is 22.4. The Kier molecular flexibility index (Phi) is 6.24. The highest BCUT2D eigenvalue weighted by molar-refractivity contribution is 7.71. The number of ether oxygens (including phenoxy) is 1. The minimum Gasteiger partial charge on any atom is -0.497 e. The minimum absolute atomic E-state index is 0.0548. The maximum Gasteiger partial charge on any atom is 0.278 e. The number of aromatic amines is 2. The van der Waals surface area contributed by atoms with Crippen molar-refractivity contribution in [3.63, 3.8) is 0 Å². The number of methoxy groups -OCH3 is 1. The Hall–Kier alpha value is -3.39. The topological polar surface area (TPSA) is 91.9 Å². The van der Waals surface area contributed by atoms with Crippen LogP contribution in [-0.4, -0.2) is 27.6 Å². The number of carbonyl (C=O) groups is 1. The molecule has 1 amide bonds. The molecule has 1 aliphatic rings. The quantitative estimate of drug-likeness (QED) is 0.261. The summed E-state index contributed by atoms with van der Waals surface area (Å²) in [5.41, 5.74) is 4.44. The van der Waals surface area contributed by atoms with Crippen LogP contribution in [0.15, 0.2) is 47.3 Å². The standard InChI is InChI=1S/C26H28N4O3S/c1-33-17-12-13-21-19(15-17)23-24(28-21)25(32)30(26(34)29-23)14-5-4-11-22(31)27-20-10-6-8-16-7-2-3-9-18(16)20/h2-3,7,9,12-13,15,20,28H,4-6,8,10-11,14H2,1H3,(H,27,31)(H,29,34)/t20-/m1/s1. The predicted molar refractivity (Wildman–Crippen MR) is 136 cm³/mol. The van der Waals surface area contributed by atoms with E-state index < -0.39 is 0 Å². The van der Waals surface area contributed by atoms with Gasteiger partial charge in [0.15, 0.2) is 4.77 Å². The molecule has 4 aromatic rings. The van der Waals surface area contributed by atoms with Crippen molar-refractivity contribution >= 4 is 40.1 Å². The van der Waals surface area contributed by atoms with E-state index in [0.717, 1.165) is 30.2 Å². The molecule has 0 fully saturated rings. The van der Waals surface area contributed by atoms with Crippen LogP contribution in [0.1, 0.15) is 49.3 Å². The molecule has 0 bridgehead atoms. The van der Waals surface area contributed by atoms with Crippen LogP contribution < -0.4 is 15.6 Å². The van der Waals surface area contributed by atoms with Gasteiger partial charge in [-0.15, -0.1) is 0 Å². The van der Waals surface area contributed by atoms with Gasteiger partial charge in [-0.3, -0.25) is 14.2 Å². The highest BCUT2D eigenvalue weighted by Crippen LogP contribution is 2.29. The van der Waals surface area contributed by atoms with Crippen molar-refractivity contribution in [2.75, 3.05) is 7.11 Å². The van der Waals surface area contributed by atoms with Crippen LogP contribution in [-0.2, 0) is 17.8 Å². The lowest BCUT2D eigenvalue weighted by atomic mass is 9.87. The average Bonchev–Trinajstić information content (AvgIpc) is 3.21. The van der Waals surface area contributed by atoms with Gasteiger partial charge in [-0.25, -0.2) is 0 Å². The maximum absolute atomic E-state index is 13.1. The number of hydrogen-bond acceptors (Lipinski definition) is 4. The molecule has 3 N–H and O–H groups in total. The number of fused-ring (bicyclic) bond motifs is 4. The van der Waals surface area contributed by atoms with E-state index in [1.165, 1.54) is 11.1 Å². The Bertz CT molecular complexity index is 1480. The monoisotopic (exact) mass is 476 g/mol. The van der Waals surface area contributed by atoms with Crippen LogP contribution in [0.3, 0.4) is 0 Å². The third-order valence-corrected chi connectivity index (χ3v) is 7.00. The number of unbranched alkanes of at least 4 members (excludes halogenated alkanes) is 1. The molecule has 0 saturated heterocycles. The second kappa shape index (κ2) is 9.46. The lowest BCUT2D eigenvalue weighted by Crippen LogP contribution is -2.30. The van der Waals surface area contributed by atoms with Crippen molar-refractivity contribution in [2.45, 2.75) is 51.1 Å². The molecule has 2 aromatic heterocycles. The van der Waals surface area contributed by atoms with Crippen LogP contribution in [0.5, 0.6) is 5.75 Å². The van der Waals surface area contributed by atoms with Gasteiger partial charge in [-0.2, -0.15) is 0 Å². The number of aryl methyl sites for hydroxylation is 1. The lowest BCUT2D eigenvalue weighted by molar-refractivity contribution is -0.122. The largest absolute Gasteiger partial charge is 0.497 e. The zero-order chi connectivity index (χ0) is 23.7. The van der Waals surface area contributed by atoms with Gasteiger partial charge in [0.2, 0.25) is 5.91 Å². The van der Waals surface area contributed by atoms with E-state index in [0.29, 0.717) is 47.4 Å². The van der Waals surface area contributed by atoms with Crippen LogP contribution >= 0.6 is 12.2 Å². The second-order valence-corrected chi connectivity index (χ2v) is 9.23. The molecular formula is C26H28N4O3S. The fourth-order valence-corrected chi connectivity index (χ4v) is 5.20. The summed E-state index contributed by atoms with van der Waals surface area (Å²) in [5.74, 6) is 0.770. The molecule has 0 aliphatic heterocycles. The average molecular weight is 477 g/mol. The number of nitrogens with zero attached hydrogens (tertiary/aromatic N) is 1. The van der Waals surface area contributed by atoms with Gasteiger partial charge in [0.05, 0.1) is 18.7 Å². The molecule has 2 aromatic carbocycles. The normalized spacial score (nSPS) is 15.4. The predicted octanol–water partition coefficient (Wildman–Crippen LogP) is 4.91. The molecule has 7 nitrogen and oxygen atoms in total. The summed E-state index contributed by atoms with van der Waals surface area (Å²) in [6.45, 7) is 0.461. The molecule has 1 aliphatic carbocycles. The van der Waals surface area contributed by atoms with E-state index in [4.69, 9.17) is 17.0 Å². The van der Waals surface area contributed by atoms with Crippen molar-refractivity contribution in [1.29, 1.82) is 0 Å². The molecular weight excluding hydrogens is 448 g/mol. The van der Waals surface area contributed by atoms with Crippen LogP contribution in [0.2, 0.25) is 0 Å². The molecule has 0 radical (unpaired) electrons. The number of rotatable bonds is 7. The highest BCUT2D eigenvalue weighted by Gasteiger charge is 2.21. The molecule has 0 saturated carbocycles. The van der Waals surface area contributed by atoms with Crippen molar-refractivity contribution in [2.24, 2.45) is 0 Å². The lowest BCUT2D eigenvalue weighted by Gasteiger charge is -2.26. The first-order valence-corrected chi connectivity index (χ1v) is 12.2. The maximum atomic E-state index is 13.1. The number of nitrogens with one attached hydrogen (secondary N) is 3. The minimum atomic E-state index is -0.155. The summed E-state index contributed by atoms with van der Waals surface area (Å²) >= 11 is 5.49. The van der Waals surface area contributed by atoms with Gasteiger partial charge in [0.25, 0.3) is 5.56 Å². The fourth-order valence-electron chi connectivity index (χ4n) is 4.92. The Balaban J connectivity index is 1.23. The highest BCUT2D eigenvalue weighted by atomic mass is 32.1. The molecule has 176 valence electrons. The summed E-state index contributed by atoms with van der Waals surface area (Å²) in [5, 5.41) is 4.06. The Morgan fingerprint density at radius 1 is 1.18 bits per heavy atom. The summed E-state index contributed by atoms with van der Waals surface area (Å²) in [7, 11) is 1.61. The van der Waals surface area contributed by atoms with Crippen LogP contribution in [0.25, 0.3) is 21.9 Å². The van der Waals surface area contributed by atoms with Gasteiger partial charge in [-0.1, -0.05) is 24.3 Å². The van der Waals surface area contributed by atoms with Crippen molar-refractivity contribution in [3.05, 3.63) is 68.7 Å². The van der Waals surface area contributed by atoms with E-state index in [1.54, 1.807) is 11.7 Å². The van der Waals surface area contributed by atoms with Crippen LogP contribution in [0.4, 0.5) is 0 Å². The second-order valence-electron chi connectivity index (χ2n) is 8.84. The number of H-pyrrole nitrogens is 2. The van der Waals surface area contributed by atoms with E-state index in [-0.39, 0.29) is 17.5 Å².